The maximum Gasteiger partial charge on any atom is 0.407 e. The van der Waals surface area contributed by atoms with Crippen molar-refractivity contribution in [2.75, 3.05) is 23.7 Å². The van der Waals surface area contributed by atoms with Gasteiger partial charge in [0, 0.05) is 37.3 Å². The second kappa shape index (κ2) is 22.7. The average Bonchev–Trinajstić information content (AvgIpc) is 3.88. The highest BCUT2D eigenvalue weighted by Gasteiger charge is 2.18. The van der Waals surface area contributed by atoms with Crippen LogP contribution in [-0.2, 0) is 24.4 Å². The number of amides is 1. The zero-order valence-electron chi connectivity index (χ0n) is 31.0. The summed E-state index contributed by atoms with van der Waals surface area (Å²) < 4.78 is 32.9. The summed E-state index contributed by atoms with van der Waals surface area (Å²) >= 11 is 12.2. The highest BCUT2D eigenvalue weighted by molar-refractivity contribution is 9.69. The number of aromatic nitrogens is 8. The van der Waals surface area contributed by atoms with Crippen molar-refractivity contribution in [2.24, 2.45) is 5.73 Å². The fourth-order valence-electron chi connectivity index (χ4n) is 4.85. The quantitative estimate of drug-likeness (QED) is 0.0803. The van der Waals surface area contributed by atoms with Gasteiger partial charge in [0.25, 0.3) is 0 Å². The van der Waals surface area contributed by atoms with Crippen LogP contribution in [0.25, 0.3) is 20.7 Å². The van der Waals surface area contributed by atoms with Crippen LogP contribution in [0.3, 0.4) is 0 Å². The molecule has 5 N–H and O–H groups in total. The Hall–Kier alpha value is -4.35. The molecule has 0 saturated heterocycles. The smallest absolute Gasteiger partial charge is 0.407 e. The third-order valence-corrected chi connectivity index (χ3v) is 10.3. The number of nitrogens with one attached hydrogen (secondary N) is 3. The molecule has 6 aromatic heterocycles. The van der Waals surface area contributed by atoms with Crippen molar-refractivity contribution < 1.29 is 18.3 Å². The Morgan fingerprint density at radius 2 is 1.26 bits per heavy atom. The van der Waals surface area contributed by atoms with E-state index in [4.69, 9.17) is 10.5 Å². The first-order valence-corrected chi connectivity index (χ1v) is 21.9. The molecule has 0 radical (unpaired) electrons. The minimum absolute atomic E-state index is 0.0560. The van der Waals surface area contributed by atoms with Gasteiger partial charge in [-0.1, -0.05) is 66.9 Å². The fourth-order valence-corrected chi connectivity index (χ4v) is 6.78. The van der Waals surface area contributed by atoms with Crippen LogP contribution in [0.5, 0.6) is 0 Å². The largest absolute Gasteiger partial charge is 0.445 e. The van der Waals surface area contributed by atoms with E-state index in [-0.39, 0.29) is 46.4 Å². The van der Waals surface area contributed by atoms with Gasteiger partial charge in [-0.05, 0) is 29.8 Å². The third-order valence-electron chi connectivity index (χ3n) is 7.90. The zero-order chi connectivity index (χ0) is 41.4. The molecule has 0 aliphatic carbocycles. The molecule has 1 amide bonds. The van der Waals surface area contributed by atoms with Gasteiger partial charge in [0.2, 0.25) is 0 Å². The van der Waals surface area contributed by atoms with E-state index in [1.807, 2.05) is 44.2 Å². The van der Waals surface area contributed by atoms with Gasteiger partial charge in [-0.15, -0.1) is 47.3 Å². The highest BCUT2D eigenvalue weighted by Crippen LogP contribution is 2.30. The molecule has 0 aliphatic heterocycles. The Morgan fingerprint density at radius 1 is 0.759 bits per heavy atom. The van der Waals surface area contributed by atoms with Gasteiger partial charge < -0.3 is 26.4 Å². The molecule has 14 nitrogen and oxygen atoms in total. The van der Waals surface area contributed by atoms with E-state index in [1.165, 1.54) is 53.7 Å². The predicted octanol–water partition coefficient (Wildman–Crippen LogP) is 8.71. The lowest BCUT2D eigenvalue weighted by atomic mass is 10.2. The van der Waals surface area contributed by atoms with Crippen molar-refractivity contribution in [1.29, 1.82) is 0 Å². The van der Waals surface area contributed by atoms with Crippen LogP contribution in [-0.4, -0.2) is 62.2 Å². The van der Waals surface area contributed by atoms with Gasteiger partial charge in [-0.25, -0.2) is 43.5 Å². The van der Waals surface area contributed by atoms with Crippen LogP contribution in [0, 0.1) is 11.6 Å². The molecule has 2 unspecified atom stereocenters. The molecule has 2 atom stereocenters. The fraction of sp³-hybridized carbons (Fsp3) is 0.250. The number of nitrogens with zero attached hydrogens (tertiary/aromatic N) is 8. The standard InChI is InChI=1S/C22H21FN6O2S.C14H15FN6S.BBr3/c1-14(10-26-22(30)31-12-15-6-3-2-4-7-15)20-29-18-19(27-13-28-21(18)32-20)25-11-17-16(23)8-5-9-24-17;1-8(5-16)13-21-11-12(19-7-20-14(11)22-13)18-6-10-9(15)3-2-4-17-10;2-1(3)4/h2-9,13-14H,10-12H2,1H3,(H,26,30)(H,25,27,28);2-4,7-8H,5-6,16H2,1H3,(H,18,19,20);. The molecule has 302 valence electrons. The first-order valence-electron chi connectivity index (χ1n) is 17.5. The minimum atomic E-state index is -0.485. The van der Waals surface area contributed by atoms with E-state index >= 15 is 0 Å². The molecule has 0 aliphatic rings. The van der Waals surface area contributed by atoms with Crippen molar-refractivity contribution in [3.8, 4) is 0 Å². The van der Waals surface area contributed by atoms with Crippen molar-refractivity contribution in [1.82, 2.24) is 45.2 Å². The number of hydrogen-bond acceptors (Lipinski definition) is 15. The molecule has 0 bridgehead atoms. The van der Waals surface area contributed by atoms with Crippen LogP contribution in [0.2, 0.25) is 0 Å². The number of carbonyl (C=O) groups excluding carboxylic acids is 1. The van der Waals surface area contributed by atoms with Crippen LogP contribution in [0.1, 0.15) is 52.6 Å². The number of nitrogens with two attached hydrogens (primary N) is 1. The number of anilines is 2. The van der Waals surface area contributed by atoms with Crippen molar-refractivity contribution >= 4 is 112 Å². The van der Waals surface area contributed by atoms with Gasteiger partial charge in [-0.3, -0.25) is 9.97 Å². The number of fused-ring (bicyclic) bond motifs is 2. The number of hydrogen-bond donors (Lipinski definition) is 4. The van der Waals surface area contributed by atoms with Gasteiger partial charge in [0.15, 0.2) is 11.6 Å². The Morgan fingerprint density at radius 3 is 1.74 bits per heavy atom. The van der Waals surface area contributed by atoms with E-state index in [1.54, 1.807) is 18.3 Å². The van der Waals surface area contributed by atoms with Crippen LogP contribution in [0.15, 0.2) is 79.6 Å². The lowest BCUT2D eigenvalue weighted by Gasteiger charge is -2.10. The SMILES string of the molecule is BrB(Br)Br.CC(CN)c1nc2c(NCc3ncccc3F)ncnc2s1.CC(CNC(=O)OCc1ccccc1)c1nc2c(NCc3ncccc3F)ncnc2s1. The van der Waals surface area contributed by atoms with Crippen molar-refractivity contribution in [2.45, 2.75) is 45.4 Å². The van der Waals surface area contributed by atoms with Crippen LogP contribution < -0.4 is 21.7 Å². The van der Waals surface area contributed by atoms with E-state index in [2.05, 4.69) is 103 Å². The van der Waals surface area contributed by atoms with Gasteiger partial charge in [-0.2, -0.15) is 0 Å². The second-order valence-electron chi connectivity index (χ2n) is 12.2. The van der Waals surface area contributed by atoms with Gasteiger partial charge in [0.1, 0.15) is 56.6 Å². The number of carbonyl (C=O) groups is 1. The van der Waals surface area contributed by atoms with E-state index < -0.39 is 6.09 Å². The summed E-state index contributed by atoms with van der Waals surface area (Å²) in [5.41, 5.74) is 8.51. The normalized spacial score (nSPS) is 11.7. The Labute approximate surface area is 365 Å². The van der Waals surface area contributed by atoms with Crippen molar-refractivity contribution in [3.05, 3.63) is 118 Å². The molecule has 0 fully saturated rings. The molecule has 0 spiro atoms. The lowest BCUT2D eigenvalue weighted by molar-refractivity contribution is 0.139. The second-order valence-corrected chi connectivity index (χ2v) is 20.6. The lowest BCUT2D eigenvalue weighted by Crippen LogP contribution is -2.28. The number of rotatable bonds is 13. The minimum Gasteiger partial charge on any atom is -0.445 e. The Bertz CT molecular complexity index is 2380. The molecular weight excluding hydrogens is 985 g/mol. The first kappa shape index (κ1) is 44.8. The summed E-state index contributed by atoms with van der Waals surface area (Å²) in [5, 5.41) is 10.6. The number of thiazole rings is 2. The number of benzene rings is 1. The number of ether oxygens (including phenoxy) is 1. The molecule has 0 saturated carbocycles. The highest BCUT2D eigenvalue weighted by atomic mass is 79.9. The maximum atomic E-state index is 13.8. The molecular formula is C36H36BBr3F2N12O2S2. The molecule has 6 heterocycles. The zero-order valence-corrected chi connectivity index (χ0v) is 37.3. The third kappa shape index (κ3) is 13.3. The first-order chi connectivity index (χ1) is 28.0. The maximum absolute atomic E-state index is 13.8. The monoisotopic (exact) mass is 1020 g/mol. The molecule has 58 heavy (non-hydrogen) atoms. The van der Waals surface area contributed by atoms with Gasteiger partial charge in [0.05, 0.1) is 29.5 Å². The van der Waals surface area contributed by atoms with Crippen molar-refractivity contribution in [3.63, 3.8) is 0 Å². The number of pyridine rings is 2. The van der Waals surface area contributed by atoms with Crippen LogP contribution >= 0.6 is 69.9 Å². The summed E-state index contributed by atoms with van der Waals surface area (Å²) in [6, 6.07) is 15.3. The Kier molecular flexibility index (Phi) is 17.5. The summed E-state index contributed by atoms with van der Waals surface area (Å²) in [5.74, 6) is 0.450. The van der Waals surface area contributed by atoms with Gasteiger partial charge >= 0.3 is 9.28 Å². The summed E-state index contributed by atoms with van der Waals surface area (Å²) in [6.45, 7) is 5.48. The topological polar surface area (TPSA) is 192 Å². The van der Waals surface area contributed by atoms with Crippen LogP contribution in [0.4, 0.5) is 25.2 Å². The number of halogens is 5. The molecule has 7 aromatic rings. The predicted molar refractivity (Wildman–Crippen MR) is 237 cm³/mol. The summed E-state index contributed by atoms with van der Waals surface area (Å²) in [4.78, 5) is 47.7. The summed E-state index contributed by atoms with van der Waals surface area (Å²) in [6.07, 6.45) is 5.51. The average molecular weight is 1020 g/mol. The summed E-state index contributed by atoms with van der Waals surface area (Å²) in [7, 11) is 0. The molecule has 7 rings (SSSR count). The molecule has 1 aromatic carbocycles. The van der Waals surface area contributed by atoms with E-state index in [0.717, 1.165) is 20.4 Å². The Balaban J connectivity index is 0.000000214. The van der Waals surface area contributed by atoms with E-state index in [0.29, 0.717) is 52.0 Å². The molecule has 22 heteroatoms. The van der Waals surface area contributed by atoms with E-state index in [9.17, 15) is 13.6 Å². The number of alkyl carbamates (subject to hydrolysis) is 1.